The monoisotopic (exact) mass is 643 g/mol. The Hall–Kier alpha value is -5.27. The van der Waals surface area contributed by atoms with E-state index in [2.05, 4.69) is 44.0 Å². The molecule has 2 saturated heterocycles. The highest BCUT2D eigenvalue weighted by molar-refractivity contribution is 6.02. The van der Waals surface area contributed by atoms with Crippen LogP contribution >= 0.6 is 0 Å². The van der Waals surface area contributed by atoms with Crippen molar-refractivity contribution < 1.29 is 27.9 Å². The zero-order valence-electron chi connectivity index (χ0n) is 26.1. The second-order valence-electron chi connectivity index (χ2n) is 11.2. The number of aromatic nitrogens is 2. The summed E-state index contributed by atoms with van der Waals surface area (Å²) < 4.78 is 39.4. The number of hydrogen-bond donors (Lipinski definition) is 2. The summed E-state index contributed by atoms with van der Waals surface area (Å²) in [6.45, 7) is 7.42. The summed E-state index contributed by atoms with van der Waals surface area (Å²) in [5.41, 5.74) is 2.88. The van der Waals surface area contributed by atoms with E-state index < -0.39 is 11.6 Å². The number of benzene rings is 3. The fourth-order valence-corrected chi connectivity index (χ4v) is 5.57. The number of piperazine rings is 1. The lowest BCUT2D eigenvalue weighted by Gasteiger charge is -2.35. The van der Waals surface area contributed by atoms with Gasteiger partial charge in [-0.1, -0.05) is 18.7 Å². The van der Waals surface area contributed by atoms with Gasteiger partial charge in [-0.2, -0.15) is 0 Å². The molecule has 11 nitrogen and oxygen atoms in total. The summed E-state index contributed by atoms with van der Waals surface area (Å²) in [5.74, 6) is 0.107. The van der Waals surface area contributed by atoms with Crippen LogP contribution in [-0.2, 0) is 9.63 Å². The van der Waals surface area contributed by atoms with E-state index in [0.29, 0.717) is 47.5 Å². The van der Waals surface area contributed by atoms with Crippen LogP contribution in [0, 0.1) is 11.6 Å². The SMILES string of the molecule is C=CC(=O)Nc1cc(Nc2cc(N3OCCC3c3cccc(Oc4cc(F)ccc4F)c3)ncn2)c(OC)cc1N1CCN(C)CC1. The molecule has 47 heavy (non-hydrogen) atoms. The van der Waals surface area contributed by atoms with E-state index in [1.54, 1.807) is 36.4 Å². The molecule has 13 heteroatoms. The number of amides is 1. The van der Waals surface area contributed by atoms with Crippen molar-refractivity contribution in [2.45, 2.75) is 12.5 Å². The average Bonchev–Trinajstić information content (AvgIpc) is 3.58. The standard InChI is InChI=1S/C34H35F2N7O4/c1-4-34(44)40-26-18-27(31(45-3)19-29(26)42-13-11-41(2)12-14-42)39-32-20-33(38-21-37-32)43-28(10-15-46-43)22-6-5-7-24(16-22)47-30-17-23(35)8-9-25(30)36/h4-9,16-21,28H,1,10-15H2,2-3H3,(H,40,44)(H,37,38,39). The first-order valence-electron chi connectivity index (χ1n) is 15.1. The molecule has 3 heterocycles. The molecule has 4 aromatic rings. The number of hydroxylamine groups is 1. The molecule has 1 aromatic heterocycles. The maximum Gasteiger partial charge on any atom is 0.247 e. The van der Waals surface area contributed by atoms with Crippen LogP contribution in [0.2, 0.25) is 0 Å². The van der Waals surface area contributed by atoms with Crippen LogP contribution in [0.25, 0.3) is 0 Å². The number of anilines is 5. The van der Waals surface area contributed by atoms with Gasteiger partial charge in [0.1, 0.15) is 29.5 Å². The first kappa shape index (κ1) is 31.7. The zero-order chi connectivity index (χ0) is 32.9. The van der Waals surface area contributed by atoms with Gasteiger partial charge in [-0.3, -0.25) is 9.63 Å². The number of methoxy groups -OCH3 is 1. The average molecular weight is 644 g/mol. The first-order chi connectivity index (χ1) is 22.8. The van der Waals surface area contributed by atoms with E-state index in [1.807, 2.05) is 18.2 Å². The van der Waals surface area contributed by atoms with Crippen LogP contribution in [0.4, 0.5) is 37.5 Å². The molecule has 1 unspecified atom stereocenters. The topological polar surface area (TPSA) is 104 Å². The van der Waals surface area contributed by atoms with Gasteiger partial charge in [-0.05, 0) is 49.0 Å². The number of nitrogens with zero attached hydrogens (tertiary/aromatic N) is 5. The van der Waals surface area contributed by atoms with Gasteiger partial charge in [-0.25, -0.2) is 23.8 Å². The predicted octanol–water partition coefficient (Wildman–Crippen LogP) is 6.06. The van der Waals surface area contributed by atoms with Crippen molar-refractivity contribution in [2.75, 3.05) is 67.5 Å². The molecule has 0 bridgehead atoms. The van der Waals surface area contributed by atoms with Crippen molar-refractivity contribution >= 4 is 34.6 Å². The van der Waals surface area contributed by atoms with Gasteiger partial charge in [0.05, 0.1) is 36.8 Å². The van der Waals surface area contributed by atoms with Gasteiger partial charge in [0.2, 0.25) is 5.91 Å². The minimum Gasteiger partial charge on any atom is -0.494 e. The lowest BCUT2D eigenvalue weighted by atomic mass is 10.0. The van der Waals surface area contributed by atoms with Crippen LogP contribution < -0.4 is 30.1 Å². The molecule has 0 radical (unpaired) electrons. The first-order valence-corrected chi connectivity index (χ1v) is 15.1. The number of carbonyl (C=O) groups excluding carboxylic acids is 1. The van der Waals surface area contributed by atoms with Crippen molar-refractivity contribution in [3.05, 3.63) is 96.8 Å². The van der Waals surface area contributed by atoms with Crippen LogP contribution in [0.3, 0.4) is 0 Å². The number of carbonyl (C=O) groups is 1. The van der Waals surface area contributed by atoms with Crippen molar-refractivity contribution in [3.8, 4) is 17.2 Å². The Morgan fingerprint density at radius 3 is 2.64 bits per heavy atom. The van der Waals surface area contributed by atoms with E-state index in [0.717, 1.165) is 55.6 Å². The molecular weight excluding hydrogens is 608 g/mol. The van der Waals surface area contributed by atoms with Crippen molar-refractivity contribution in [1.82, 2.24) is 14.9 Å². The zero-order valence-corrected chi connectivity index (χ0v) is 26.1. The number of hydrogen-bond acceptors (Lipinski definition) is 10. The van der Waals surface area contributed by atoms with Crippen molar-refractivity contribution in [3.63, 3.8) is 0 Å². The second kappa shape index (κ2) is 14.0. The van der Waals surface area contributed by atoms with E-state index in [9.17, 15) is 13.6 Å². The molecule has 3 aromatic carbocycles. The largest absolute Gasteiger partial charge is 0.494 e. The molecule has 1 atom stereocenters. The molecule has 6 rings (SSSR count). The van der Waals surface area contributed by atoms with E-state index >= 15 is 0 Å². The Kier molecular flexibility index (Phi) is 9.45. The number of likely N-dealkylation sites (N-methyl/N-ethyl adjacent to an activating group) is 1. The molecule has 2 fully saturated rings. The quantitative estimate of drug-likeness (QED) is 0.198. The lowest BCUT2D eigenvalue weighted by molar-refractivity contribution is -0.111. The summed E-state index contributed by atoms with van der Waals surface area (Å²) in [7, 11) is 3.67. The van der Waals surface area contributed by atoms with E-state index in [4.69, 9.17) is 14.3 Å². The normalized spacial score (nSPS) is 16.6. The predicted molar refractivity (Wildman–Crippen MR) is 176 cm³/mol. The molecule has 2 aliphatic heterocycles. The summed E-state index contributed by atoms with van der Waals surface area (Å²) in [4.78, 5) is 31.7. The summed E-state index contributed by atoms with van der Waals surface area (Å²) in [6, 6.07) is 15.4. The van der Waals surface area contributed by atoms with E-state index in [1.165, 1.54) is 12.4 Å². The summed E-state index contributed by atoms with van der Waals surface area (Å²) >= 11 is 0. The molecule has 0 saturated carbocycles. The number of rotatable bonds is 10. The number of halogens is 2. The van der Waals surface area contributed by atoms with Crippen LogP contribution in [0.15, 0.2) is 79.6 Å². The smallest absolute Gasteiger partial charge is 0.247 e. The van der Waals surface area contributed by atoms with Gasteiger partial charge in [0.25, 0.3) is 0 Å². The molecule has 0 aliphatic carbocycles. The number of ether oxygens (including phenoxy) is 2. The minimum atomic E-state index is -0.663. The fourth-order valence-electron chi connectivity index (χ4n) is 5.57. The summed E-state index contributed by atoms with van der Waals surface area (Å²) in [5, 5.41) is 7.93. The van der Waals surface area contributed by atoms with Gasteiger partial charge in [0.15, 0.2) is 17.4 Å². The highest BCUT2D eigenvalue weighted by Crippen LogP contribution is 2.40. The maximum absolute atomic E-state index is 14.2. The molecule has 1 amide bonds. The van der Waals surface area contributed by atoms with Gasteiger partial charge < -0.3 is 29.9 Å². The van der Waals surface area contributed by atoms with Crippen LogP contribution in [0.5, 0.6) is 17.2 Å². The molecular formula is C34H35F2N7O4. The Morgan fingerprint density at radius 2 is 1.85 bits per heavy atom. The Morgan fingerprint density at radius 1 is 1.02 bits per heavy atom. The second-order valence-corrected chi connectivity index (χ2v) is 11.2. The number of nitrogens with one attached hydrogen (secondary N) is 2. The molecule has 2 N–H and O–H groups in total. The minimum absolute atomic E-state index is 0.201. The van der Waals surface area contributed by atoms with Gasteiger partial charge in [0, 0.05) is 50.8 Å². The third-order valence-corrected chi connectivity index (χ3v) is 8.01. The molecule has 0 spiro atoms. The Labute approximate surface area is 271 Å². The summed E-state index contributed by atoms with van der Waals surface area (Å²) in [6.07, 6.45) is 3.31. The molecule has 2 aliphatic rings. The van der Waals surface area contributed by atoms with Crippen molar-refractivity contribution in [2.24, 2.45) is 0 Å². The van der Waals surface area contributed by atoms with Crippen LogP contribution in [-0.4, -0.2) is 67.7 Å². The Balaban J connectivity index is 1.25. The Bertz CT molecular complexity index is 1770. The third-order valence-electron chi connectivity index (χ3n) is 8.01. The molecule has 244 valence electrons. The maximum atomic E-state index is 14.2. The van der Waals surface area contributed by atoms with E-state index in [-0.39, 0.29) is 17.7 Å². The highest BCUT2D eigenvalue weighted by Gasteiger charge is 2.30. The fraction of sp³-hybridized carbons (Fsp3) is 0.265. The highest BCUT2D eigenvalue weighted by atomic mass is 19.1. The van der Waals surface area contributed by atoms with Crippen molar-refractivity contribution in [1.29, 1.82) is 0 Å². The third kappa shape index (κ3) is 7.26. The van der Waals surface area contributed by atoms with Crippen LogP contribution in [0.1, 0.15) is 18.0 Å². The lowest BCUT2D eigenvalue weighted by Crippen LogP contribution is -2.44. The van der Waals surface area contributed by atoms with Gasteiger partial charge >= 0.3 is 0 Å². The van der Waals surface area contributed by atoms with Gasteiger partial charge in [-0.15, -0.1) is 0 Å².